The monoisotopic (exact) mass is 374 g/mol. The minimum atomic E-state index is -4.60. The summed E-state index contributed by atoms with van der Waals surface area (Å²) in [6, 6.07) is 1.62. The van der Waals surface area contributed by atoms with Crippen LogP contribution in [0.3, 0.4) is 0 Å². The number of hydrogen-bond donors (Lipinski definition) is 0. The summed E-state index contributed by atoms with van der Waals surface area (Å²) in [6.45, 7) is 0.946. The number of nitrogens with zero attached hydrogens (tertiary/aromatic N) is 4. The predicted octanol–water partition coefficient (Wildman–Crippen LogP) is 2.18. The number of rotatable bonds is 4. The van der Waals surface area contributed by atoms with Crippen molar-refractivity contribution in [3.63, 3.8) is 0 Å². The topological polar surface area (TPSA) is 68.1 Å². The smallest absolute Gasteiger partial charge is 0.335 e. The van der Waals surface area contributed by atoms with Gasteiger partial charge in [-0.05, 0) is 24.5 Å². The van der Waals surface area contributed by atoms with Crippen LogP contribution in [0.5, 0.6) is 0 Å². The Balaban J connectivity index is 1.71. The first-order valence-electron chi connectivity index (χ1n) is 7.67. The molecule has 1 atom stereocenters. The van der Waals surface area contributed by atoms with Crippen molar-refractivity contribution in [1.29, 1.82) is 0 Å². The molecule has 25 heavy (non-hydrogen) atoms. The van der Waals surface area contributed by atoms with Gasteiger partial charge in [0, 0.05) is 45.1 Å². The average molecular weight is 374 g/mol. The summed E-state index contributed by atoms with van der Waals surface area (Å²) in [5.74, 6) is 1.09. The lowest BCUT2D eigenvalue weighted by Gasteiger charge is -2.27. The van der Waals surface area contributed by atoms with Crippen molar-refractivity contribution in [2.75, 3.05) is 13.6 Å². The maximum atomic E-state index is 12.5. The fourth-order valence-corrected chi connectivity index (χ4v) is 4.12. The Labute approximate surface area is 143 Å². The van der Waals surface area contributed by atoms with Gasteiger partial charge in [0.05, 0.1) is 0 Å². The molecule has 0 unspecified atom stereocenters. The molecule has 10 heteroatoms. The highest BCUT2D eigenvalue weighted by atomic mass is 32.2. The van der Waals surface area contributed by atoms with E-state index in [1.54, 1.807) is 6.20 Å². The first-order valence-corrected chi connectivity index (χ1v) is 9.11. The molecule has 0 fully saturated rings. The third-order valence-corrected chi connectivity index (χ3v) is 6.09. The third kappa shape index (κ3) is 3.69. The van der Waals surface area contributed by atoms with Crippen molar-refractivity contribution >= 4 is 10.0 Å². The zero-order valence-electron chi connectivity index (χ0n) is 13.4. The van der Waals surface area contributed by atoms with Gasteiger partial charge < -0.3 is 4.57 Å². The number of aryl methyl sites for hydroxylation is 1. The summed E-state index contributed by atoms with van der Waals surface area (Å²) < 4.78 is 65.9. The number of pyridine rings is 1. The molecule has 1 aliphatic heterocycles. The second kappa shape index (κ2) is 6.41. The van der Waals surface area contributed by atoms with Gasteiger partial charge in [-0.1, -0.05) is 0 Å². The Morgan fingerprint density at radius 1 is 1.32 bits per heavy atom. The van der Waals surface area contributed by atoms with Crippen LogP contribution in [0.2, 0.25) is 0 Å². The quantitative estimate of drug-likeness (QED) is 0.823. The highest BCUT2D eigenvalue weighted by Crippen LogP contribution is 2.28. The average Bonchev–Trinajstić information content (AvgIpc) is 3.01. The summed E-state index contributed by atoms with van der Waals surface area (Å²) >= 11 is 0. The highest BCUT2D eigenvalue weighted by molar-refractivity contribution is 7.89. The van der Waals surface area contributed by atoms with E-state index in [9.17, 15) is 21.6 Å². The lowest BCUT2D eigenvalue weighted by atomic mass is 10.00. The Morgan fingerprint density at radius 2 is 2.08 bits per heavy atom. The molecule has 0 bridgehead atoms. The standard InChI is InChI=1S/C15H17F3N4O2S/c1-21(9-11-2-5-14-19-6-7-22(14)10-11)25(23,24)12-3-4-13(20-8-12)15(16,17)18/h3-4,6-8,11H,2,5,9-10H2,1H3/t11-/m1/s1. The normalized spacial score (nSPS) is 18.4. The molecule has 0 aliphatic carbocycles. The van der Waals surface area contributed by atoms with Gasteiger partial charge in [-0.3, -0.25) is 4.98 Å². The number of halogens is 3. The van der Waals surface area contributed by atoms with Crippen LogP contribution in [-0.2, 0) is 29.2 Å². The zero-order valence-corrected chi connectivity index (χ0v) is 14.3. The second-order valence-corrected chi connectivity index (χ2v) is 8.11. The Bertz CT molecular complexity index is 846. The SMILES string of the molecule is CN(C[C@H]1CCc2nccn2C1)S(=O)(=O)c1ccc(C(F)(F)F)nc1. The highest BCUT2D eigenvalue weighted by Gasteiger charge is 2.33. The van der Waals surface area contributed by atoms with E-state index in [1.807, 2.05) is 10.8 Å². The molecular weight excluding hydrogens is 357 g/mol. The van der Waals surface area contributed by atoms with Gasteiger partial charge in [0.15, 0.2) is 0 Å². The Morgan fingerprint density at radius 3 is 2.72 bits per heavy atom. The maximum Gasteiger partial charge on any atom is 0.433 e. The summed E-state index contributed by atoms with van der Waals surface area (Å²) in [4.78, 5) is 7.20. The summed E-state index contributed by atoms with van der Waals surface area (Å²) in [5, 5.41) is 0. The van der Waals surface area contributed by atoms with Crippen molar-refractivity contribution in [2.24, 2.45) is 5.92 Å². The van der Waals surface area contributed by atoms with Crippen LogP contribution in [0.25, 0.3) is 0 Å². The summed E-state index contributed by atoms with van der Waals surface area (Å²) in [6.07, 6.45) is 1.31. The lowest BCUT2D eigenvalue weighted by molar-refractivity contribution is -0.141. The molecule has 0 radical (unpaired) electrons. The molecule has 0 saturated carbocycles. The molecule has 6 nitrogen and oxygen atoms in total. The van der Waals surface area contributed by atoms with Crippen LogP contribution in [0.15, 0.2) is 35.6 Å². The van der Waals surface area contributed by atoms with E-state index in [0.717, 1.165) is 30.9 Å². The van der Waals surface area contributed by atoms with Gasteiger partial charge in [0.25, 0.3) is 0 Å². The zero-order chi connectivity index (χ0) is 18.2. The number of imidazole rings is 1. The van der Waals surface area contributed by atoms with E-state index >= 15 is 0 Å². The third-order valence-electron chi connectivity index (χ3n) is 4.28. The Kier molecular flexibility index (Phi) is 4.58. The molecule has 3 rings (SSSR count). The van der Waals surface area contributed by atoms with E-state index in [-0.39, 0.29) is 17.4 Å². The van der Waals surface area contributed by atoms with Gasteiger partial charge in [-0.15, -0.1) is 0 Å². The lowest BCUT2D eigenvalue weighted by Crippen LogP contribution is -2.35. The first-order chi connectivity index (χ1) is 11.7. The number of fused-ring (bicyclic) bond motifs is 1. The second-order valence-electron chi connectivity index (χ2n) is 6.06. The molecular formula is C15H17F3N4O2S. The molecule has 3 heterocycles. The van der Waals surface area contributed by atoms with Gasteiger partial charge >= 0.3 is 6.18 Å². The number of hydrogen-bond acceptors (Lipinski definition) is 4. The summed E-state index contributed by atoms with van der Waals surface area (Å²) in [5.41, 5.74) is -1.12. The number of sulfonamides is 1. The van der Waals surface area contributed by atoms with Crippen LogP contribution in [0.1, 0.15) is 17.9 Å². The Hall–Kier alpha value is -1.94. The number of alkyl halides is 3. The van der Waals surface area contributed by atoms with Crippen LogP contribution in [-0.4, -0.2) is 40.9 Å². The molecule has 136 valence electrons. The largest absolute Gasteiger partial charge is 0.433 e. The van der Waals surface area contributed by atoms with Crippen LogP contribution in [0.4, 0.5) is 13.2 Å². The summed E-state index contributed by atoms with van der Waals surface area (Å²) in [7, 11) is -2.46. The van der Waals surface area contributed by atoms with E-state index < -0.39 is 21.9 Å². The predicted molar refractivity (Wildman–Crippen MR) is 83.1 cm³/mol. The fourth-order valence-electron chi connectivity index (χ4n) is 2.93. The molecule has 2 aromatic heterocycles. The van der Waals surface area contributed by atoms with Crippen molar-refractivity contribution in [3.05, 3.63) is 42.2 Å². The minimum absolute atomic E-state index is 0.115. The van der Waals surface area contributed by atoms with E-state index in [2.05, 4.69) is 9.97 Å². The maximum absolute atomic E-state index is 12.5. The molecule has 0 amide bonds. The van der Waals surface area contributed by atoms with Crippen LogP contribution < -0.4 is 0 Å². The van der Waals surface area contributed by atoms with Gasteiger partial charge in [0.2, 0.25) is 10.0 Å². The van der Waals surface area contributed by atoms with Crippen molar-refractivity contribution in [2.45, 2.75) is 30.5 Å². The van der Waals surface area contributed by atoms with E-state index in [0.29, 0.717) is 12.6 Å². The van der Waals surface area contributed by atoms with Gasteiger partial charge in [0.1, 0.15) is 16.4 Å². The van der Waals surface area contributed by atoms with Crippen molar-refractivity contribution in [3.8, 4) is 0 Å². The van der Waals surface area contributed by atoms with Crippen molar-refractivity contribution < 1.29 is 21.6 Å². The molecule has 1 aliphatic rings. The van der Waals surface area contributed by atoms with Gasteiger partial charge in [-0.25, -0.2) is 17.7 Å². The van der Waals surface area contributed by atoms with E-state index in [4.69, 9.17) is 0 Å². The van der Waals surface area contributed by atoms with E-state index in [1.165, 1.54) is 11.4 Å². The minimum Gasteiger partial charge on any atom is -0.335 e. The van der Waals surface area contributed by atoms with Gasteiger partial charge in [-0.2, -0.15) is 13.2 Å². The number of aromatic nitrogens is 3. The van der Waals surface area contributed by atoms with Crippen molar-refractivity contribution in [1.82, 2.24) is 18.8 Å². The van der Waals surface area contributed by atoms with Crippen LogP contribution >= 0.6 is 0 Å². The first kappa shape index (κ1) is 17.9. The molecule has 0 N–H and O–H groups in total. The molecule has 0 aromatic carbocycles. The van der Waals surface area contributed by atoms with Crippen LogP contribution in [0, 0.1) is 5.92 Å². The molecule has 2 aromatic rings. The molecule has 0 saturated heterocycles. The fraction of sp³-hybridized carbons (Fsp3) is 0.467. The molecule has 0 spiro atoms.